The predicted octanol–water partition coefficient (Wildman–Crippen LogP) is 0.905. The van der Waals surface area contributed by atoms with Crippen molar-refractivity contribution in [1.82, 2.24) is 20.0 Å². The highest BCUT2D eigenvalue weighted by molar-refractivity contribution is 5.94. The monoisotopic (exact) mass is 295 g/mol. The summed E-state index contributed by atoms with van der Waals surface area (Å²) in [7, 11) is 1.57. The third-order valence-electron chi connectivity index (χ3n) is 3.20. The highest BCUT2D eigenvalue weighted by Gasteiger charge is 2.12. The normalized spacial score (nSPS) is 10.6. The van der Waals surface area contributed by atoms with Gasteiger partial charge in [0.2, 0.25) is 5.91 Å². The fraction of sp³-hybridized carbons (Fsp3) is 0.133. The summed E-state index contributed by atoms with van der Waals surface area (Å²) in [6.45, 7) is 0. The minimum Gasteiger partial charge on any atom is -0.309 e. The van der Waals surface area contributed by atoms with Crippen LogP contribution in [0.25, 0.3) is 10.8 Å². The molecule has 0 bridgehead atoms. The van der Waals surface area contributed by atoms with Crippen LogP contribution < -0.4 is 10.9 Å². The van der Waals surface area contributed by atoms with Crippen LogP contribution in [0.5, 0.6) is 0 Å². The van der Waals surface area contributed by atoms with Gasteiger partial charge in [0.15, 0.2) is 5.82 Å². The van der Waals surface area contributed by atoms with E-state index < -0.39 is 0 Å². The molecule has 0 radical (unpaired) electrons. The van der Waals surface area contributed by atoms with Crippen LogP contribution in [0.1, 0.15) is 5.69 Å². The number of anilines is 1. The number of aryl methyl sites for hydroxylation is 1. The lowest BCUT2D eigenvalue weighted by Crippen LogP contribution is -2.24. The maximum absolute atomic E-state index is 12.1. The van der Waals surface area contributed by atoms with Crippen LogP contribution in [0.2, 0.25) is 0 Å². The second kappa shape index (κ2) is 5.72. The molecule has 3 aromatic rings. The van der Waals surface area contributed by atoms with Crippen molar-refractivity contribution in [3.63, 3.8) is 0 Å². The summed E-state index contributed by atoms with van der Waals surface area (Å²) in [6, 6.07) is 10.4. The Kier molecular flexibility index (Phi) is 3.61. The Bertz CT molecular complexity index is 889. The minimum atomic E-state index is -0.267. The van der Waals surface area contributed by atoms with Crippen LogP contribution in [0.3, 0.4) is 0 Å². The first-order chi connectivity index (χ1) is 10.6. The number of carbonyl (C=O) groups excluding carboxylic acids is 1. The number of hydrogen-bond donors (Lipinski definition) is 1. The molecule has 1 N–H and O–H groups in total. The molecule has 0 unspecified atom stereocenters. The first-order valence-corrected chi connectivity index (χ1v) is 6.67. The van der Waals surface area contributed by atoms with E-state index in [1.54, 1.807) is 37.4 Å². The van der Waals surface area contributed by atoms with Gasteiger partial charge in [-0.15, -0.1) is 5.10 Å². The van der Waals surface area contributed by atoms with Crippen LogP contribution in [0.15, 0.2) is 47.4 Å². The lowest BCUT2D eigenvalue weighted by molar-refractivity contribution is -0.115. The summed E-state index contributed by atoms with van der Waals surface area (Å²) in [6.07, 6.45) is 1.57. The number of benzene rings is 1. The Labute approximate surface area is 125 Å². The molecule has 0 aliphatic carbocycles. The van der Waals surface area contributed by atoms with Gasteiger partial charge in [-0.1, -0.05) is 18.2 Å². The summed E-state index contributed by atoms with van der Waals surface area (Å²) in [5.41, 5.74) is 0.354. The molecule has 3 rings (SSSR count). The summed E-state index contributed by atoms with van der Waals surface area (Å²) in [5, 5.41) is 15.6. The Morgan fingerprint density at radius 2 is 1.95 bits per heavy atom. The number of carbonyl (C=O) groups is 1. The summed E-state index contributed by atoms with van der Waals surface area (Å²) in [5.74, 6) is 0.110. The maximum Gasteiger partial charge on any atom is 0.274 e. The van der Waals surface area contributed by atoms with Crippen molar-refractivity contribution in [3.8, 4) is 0 Å². The number of rotatable bonds is 3. The number of nitrogens with one attached hydrogen (secondary N) is 1. The number of aromatic nitrogens is 4. The topological polar surface area (TPSA) is 89.8 Å². The summed E-state index contributed by atoms with van der Waals surface area (Å²) >= 11 is 0. The van der Waals surface area contributed by atoms with Gasteiger partial charge in [0.05, 0.1) is 17.5 Å². The van der Waals surface area contributed by atoms with Gasteiger partial charge in [-0.05, 0) is 18.2 Å². The van der Waals surface area contributed by atoms with Crippen molar-refractivity contribution in [3.05, 3.63) is 58.6 Å². The number of amides is 1. The second-order valence-corrected chi connectivity index (χ2v) is 4.75. The molecule has 110 valence electrons. The number of hydrogen-bond acceptors (Lipinski definition) is 5. The van der Waals surface area contributed by atoms with Crippen LogP contribution in [0.4, 0.5) is 5.82 Å². The van der Waals surface area contributed by atoms with E-state index in [9.17, 15) is 9.59 Å². The Hall–Kier alpha value is -3.09. The SMILES string of the molecule is Cn1nc(CC(=O)Nc2cccnn2)c2ccccc2c1=O. The molecule has 0 atom stereocenters. The largest absolute Gasteiger partial charge is 0.309 e. The number of fused-ring (bicyclic) bond motifs is 1. The Balaban J connectivity index is 1.92. The van der Waals surface area contributed by atoms with Crippen LogP contribution in [0, 0.1) is 0 Å². The van der Waals surface area contributed by atoms with Crippen LogP contribution >= 0.6 is 0 Å². The van der Waals surface area contributed by atoms with Gasteiger partial charge >= 0.3 is 0 Å². The van der Waals surface area contributed by atoms with Gasteiger partial charge in [-0.3, -0.25) is 9.59 Å². The molecule has 1 amide bonds. The van der Waals surface area contributed by atoms with E-state index in [1.165, 1.54) is 10.9 Å². The maximum atomic E-state index is 12.1. The van der Waals surface area contributed by atoms with Crippen molar-refractivity contribution in [2.45, 2.75) is 6.42 Å². The van der Waals surface area contributed by atoms with Crippen molar-refractivity contribution in [2.24, 2.45) is 7.05 Å². The van der Waals surface area contributed by atoms with Crippen molar-refractivity contribution < 1.29 is 4.79 Å². The smallest absolute Gasteiger partial charge is 0.274 e. The van der Waals surface area contributed by atoms with E-state index in [0.29, 0.717) is 22.3 Å². The average molecular weight is 295 g/mol. The van der Waals surface area contributed by atoms with E-state index in [2.05, 4.69) is 20.6 Å². The molecule has 7 heteroatoms. The molecule has 1 aromatic carbocycles. The van der Waals surface area contributed by atoms with E-state index in [-0.39, 0.29) is 17.9 Å². The van der Waals surface area contributed by atoms with Crippen LogP contribution in [-0.2, 0) is 18.3 Å². The van der Waals surface area contributed by atoms with E-state index in [0.717, 1.165) is 0 Å². The number of nitrogens with zero attached hydrogens (tertiary/aromatic N) is 4. The van der Waals surface area contributed by atoms with Gasteiger partial charge in [0, 0.05) is 18.6 Å². The van der Waals surface area contributed by atoms with Crippen molar-refractivity contribution in [1.29, 1.82) is 0 Å². The van der Waals surface area contributed by atoms with Gasteiger partial charge in [0.1, 0.15) is 0 Å². The molecular formula is C15H13N5O2. The third kappa shape index (κ3) is 2.69. The Morgan fingerprint density at radius 3 is 2.68 bits per heavy atom. The van der Waals surface area contributed by atoms with Gasteiger partial charge in [-0.25, -0.2) is 4.68 Å². The summed E-state index contributed by atoms with van der Waals surface area (Å²) < 4.78 is 1.24. The molecule has 0 spiro atoms. The van der Waals surface area contributed by atoms with Gasteiger partial charge in [-0.2, -0.15) is 10.2 Å². The molecule has 2 heterocycles. The molecular weight excluding hydrogens is 282 g/mol. The molecule has 0 aliphatic heterocycles. The molecule has 0 saturated heterocycles. The molecule has 0 fully saturated rings. The standard InChI is InChI=1S/C15H13N5O2/c1-20-15(22)11-6-3-2-5-10(11)12(19-20)9-14(21)17-13-7-4-8-16-18-13/h2-8H,9H2,1H3,(H,17,18,21). The highest BCUT2D eigenvalue weighted by atomic mass is 16.2. The zero-order valence-electron chi connectivity index (χ0n) is 11.9. The zero-order chi connectivity index (χ0) is 15.5. The zero-order valence-corrected chi connectivity index (χ0v) is 11.9. The lowest BCUT2D eigenvalue weighted by Gasteiger charge is -2.08. The van der Waals surface area contributed by atoms with Crippen LogP contribution in [-0.4, -0.2) is 25.9 Å². The van der Waals surface area contributed by atoms with Gasteiger partial charge in [0.25, 0.3) is 5.56 Å². The van der Waals surface area contributed by atoms with Crippen molar-refractivity contribution >= 4 is 22.5 Å². The Morgan fingerprint density at radius 1 is 1.18 bits per heavy atom. The quantitative estimate of drug-likeness (QED) is 0.775. The van der Waals surface area contributed by atoms with E-state index in [1.807, 2.05) is 6.07 Å². The van der Waals surface area contributed by atoms with Gasteiger partial charge < -0.3 is 5.32 Å². The van der Waals surface area contributed by atoms with E-state index in [4.69, 9.17) is 0 Å². The highest BCUT2D eigenvalue weighted by Crippen LogP contribution is 2.14. The molecule has 7 nitrogen and oxygen atoms in total. The fourth-order valence-electron chi connectivity index (χ4n) is 2.21. The first kappa shape index (κ1) is 13.9. The second-order valence-electron chi connectivity index (χ2n) is 4.75. The first-order valence-electron chi connectivity index (χ1n) is 6.67. The van der Waals surface area contributed by atoms with E-state index >= 15 is 0 Å². The summed E-state index contributed by atoms with van der Waals surface area (Å²) in [4.78, 5) is 24.2. The van der Waals surface area contributed by atoms with Crippen molar-refractivity contribution in [2.75, 3.05) is 5.32 Å². The molecule has 0 saturated carbocycles. The molecule has 2 aromatic heterocycles. The third-order valence-corrected chi connectivity index (χ3v) is 3.20. The lowest BCUT2D eigenvalue weighted by atomic mass is 10.1. The average Bonchev–Trinajstić information content (AvgIpc) is 2.53. The predicted molar refractivity (Wildman–Crippen MR) is 81.3 cm³/mol. The fourth-order valence-corrected chi connectivity index (χ4v) is 2.21. The minimum absolute atomic E-state index is 0.0468. The molecule has 0 aliphatic rings. The molecule has 22 heavy (non-hydrogen) atoms.